The lowest BCUT2D eigenvalue weighted by atomic mass is 10.1. The molecule has 0 unspecified atom stereocenters. The zero-order valence-electron chi connectivity index (χ0n) is 14.2. The van der Waals surface area contributed by atoms with E-state index in [0.717, 1.165) is 10.9 Å². The van der Waals surface area contributed by atoms with Crippen LogP contribution in [0.15, 0.2) is 64.9 Å². The van der Waals surface area contributed by atoms with E-state index < -0.39 is 41.6 Å². The lowest BCUT2D eigenvalue weighted by Gasteiger charge is -2.19. The van der Waals surface area contributed by atoms with E-state index in [4.69, 9.17) is 0 Å². The molecular weight excluding hydrogens is 396 g/mol. The second kappa shape index (κ2) is 7.97. The van der Waals surface area contributed by atoms with Crippen LogP contribution in [0.25, 0.3) is 0 Å². The number of aromatic nitrogens is 1. The van der Waals surface area contributed by atoms with E-state index in [1.54, 1.807) is 17.5 Å². The second-order valence-corrected chi connectivity index (χ2v) is 6.93. The molecule has 1 N–H and O–H groups in total. The Morgan fingerprint density at radius 2 is 1.82 bits per heavy atom. The van der Waals surface area contributed by atoms with Crippen LogP contribution in [0, 0.1) is 5.82 Å². The molecule has 0 spiro atoms. The first-order chi connectivity index (χ1) is 13.2. The summed E-state index contributed by atoms with van der Waals surface area (Å²) in [5.74, 6) is -1.08. The van der Waals surface area contributed by atoms with Crippen LogP contribution in [0.2, 0.25) is 0 Å². The Labute approximate surface area is 161 Å². The number of hydrogen-bond acceptors (Lipinski definition) is 3. The largest absolute Gasteiger partial charge is 0.417 e. The fraction of sp³-hybridized carbons (Fsp3) is 0.158. The molecule has 0 fully saturated rings. The van der Waals surface area contributed by atoms with Crippen LogP contribution < -0.4 is 10.9 Å². The van der Waals surface area contributed by atoms with Crippen molar-refractivity contribution in [3.63, 3.8) is 0 Å². The standard InChI is InChI=1S/C19H14F4N2O2S/c20-14-6-3-12(4-7-14)18(15-2-1-9-28-15)24-16(26)11-25-10-13(19(21,22)23)5-8-17(25)27/h1-10,18H,11H2,(H,24,26)/t18-/m0/s1. The molecule has 1 amide bonds. The average molecular weight is 410 g/mol. The predicted molar refractivity (Wildman–Crippen MR) is 96.4 cm³/mol. The number of pyridine rings is 1. The van der Waals surface area contributed by atoms with Gasteiger partial charge in [-0.15, -0.1) is 11.3 Å². The molecule has 1 aromatic carbocycles. The van der Waals surface area contributed by atoms with Gasteiger partial charge in [0.15, 0.2) is 0 Å². The molecule has 0 saturated heterocycles. The molecule has 2 aromatic heterocycles. The molecule has 0 bridgehead atoms. The van der Waals surface area contributed by atoms with Gasteiger partial charge in [-0.1, -0.05) is 18.2 Å². The summed E-state index contributed by atoms with van der Waals surface area (Å²) in [5, 5.41) is 4.50. The van der Waals surface area contributed by atoms with E-state index in [1.165, 1.54) is 35.6 Å². The highest BCUT2D eigenvalue weighted by Gasteiger charge is 2.31. The number of thiophene rings is 1. The van der Waals surface area contributed by atoms with Gasteiger partial charge in [-0.2, -0.15) is 13.2 Å². The smallest absolute Gasteiger partial charge is 0.343 e. The quantitative estimate of drug-likeness (QED) is 0.647. The SMILES string of the molecule is O=C(Cn1cc(C(F)(F)F)ccc1=O)N[C@@H](c1ccc(F)cc1)c1cccs1. The Morgan fingerprint density at radius 1 is 1.11 bits per heavy atom. The van der Waals surface area contributed by atoms with Crippen molar-refractivity contribution in [1.29, 1.82) is 0 Å². The first-order valence-corrected chi connectivity index (χ1v) is 8.98. The molecular formula is C19H14F4N2O2S. The lowest BCUT2D eigenvalue weighted by Crippen LogP contribution is -2.35. The maximum Gasteiger partial charge on any atom is 0.417 e. The zero-order chi connectivity index (χ0) is 20.3. The number of alkyl halides is 3. The highest BCUT2D eigenvalue weighted by molar-refractivity contribution is 7.10. The number of carbonyl (C=O) groups excluding carboxylic acids is 1. The molecule has 28 heavy (non-hydrogen) atoms. The number of halogens is 4. The Hall–Kier alpha value is -2.94. The highest BCUT2D eigenvalue weighted by atomic mass is 32.1. The number of nitrogens with zero attached hydrogens (tertiary/aromatic N) is 1. The maximum atomic E-state index is 13.2. The lowest BCUT2D eigenvalue weighted by molar-refractivity contribution is -0.138. The summed E-state index contributed by atoms with van der Waals surface area (Å²) < 4.78 is 52.4. The van der Waals surface area contributed by atoms with Crippen LogP contribution in [0.3, 0.4) is 0 Å². The van der Waals surface area contributed by atoms with Gasteiger partial charge < -0.3 is 9.88 Å². The van der Waals surface area contributed by atoms with Crippen LogP contribution in [0.1, 0.15) is 22.0 Å². The van der Waals surface area contributed by atoms with Gasteiger partial charge in [0.2, 0.25) is 5.91 Å². The molecule has 9 heteroatoms. The van der Waals surface area contributed by atoms with Gasteiger partial charge in [-0.3, -0.25) is 9.59 Å². The molecule has 146 valence electrons. The molecule has 4 nitrogen and oxygen atoms in total. The third-order valence-corrected chi connectivity index (χ3v) is 4.90. The van der Waals surface area contributed by atoms with Crippen LogP contribution in [0.4, 0.5) is 17.6 Å². The van der Waals surface area contributed by atoms with Crippen molar-refractivity contribution in [3.05, 3.63) is 92.3 Å². The van der Waals surface area contributed by atoms with Gasteiger partial charge in [0.05, 0.1) is 11.6 Å². The van der Waals surface area contributed by atoms with E-state index in [1.807, 2.05) is 0 Å². The van der Waals surface area contributed by atoms with Gasteiger partial charge >= 0.3 is 6.18 Å². The third-order valence-electron chi connectivity index (χ3n) is 3.96. The summed E-state index contributed by atoms with van der Waals surface area (Å²) in [5.41, 5.74) is -1.14. The number of amides is 1. The van der Waals surface area contributed by atoms with Gasteiger partial charge in [0, 0.05) is 17.1 Å². The molecule has 1 atom stereocenters. The summed E-state index contributed by atoms with van der Waals surface area (Å²) in [7, 11) is 0. The maximum absolute atomic E-state index is 13.2. The molecule has 0 aliphatic carbocycles. The van der Waals surface area contributed by atoms with Gasteiger partial charge in [0.1, 0.15) is 12.4 Å². The van der Waals surface area contributed by atoms with E-state index in [0.29, 0.717) is 22.4 Å². The predicted octanol–water partition coefficient (Wildman–Crippen LogP) is 3.97. The van der Waals surface area contributed by atoms with Crippen LogP contribution >= 0.6 is 11.3 Å². The van der Waals surface area contributed by atoms with E-state index in [9.17, 15) is 27.2 Å². The van der Waals surface area contributed by atoms with Gasteiger partial charge in [-0.25, -0.2) is 4.39 Å². The average Bonchev–Trinajstić information content (AvgIpc) is 3.16. The molecule has 0 aliphatic heterocycles. The van der Waals surface area contributed by atoms with Crippen molar-refractivity contribution in [2.45, 2.75) is 18.8 Å². The van der Waals surface area contributed by atoms with E-state index >= 15 is 0 Å². The minimum absolute atomic E-state index is 0.435. The monoisotopic (exact) mass is 410 g/mol. The van der Waals surface area contributed by atoms with Crippen molar-refractivity contribution >= 4 is 17.2 Å². The topological polar surface area (TPSA) is 51.1 Å². The second-order valence-electron chi connectivity index (χ2n) is 5.95. The first kappa shape index (κ1) is 19.8. The van der Waals surface area contributed by atoms with Crippen LogP contribution in [-0.4, -0.2) is 10.5 Å². The zero-order valence-corrected chi connectivity index (χ0v) is 15.1. The fourth-order valence-corrected chi connectivity index (χ4v) is 3.42. The van der Waals surface area contributed by atoms with E-state index in [-0.39, 0.29) is 0 Å². The number of carbonyl (C=O) groups is 1. The Bertz CT molecular complexity index is 1010. The molecule has 0 radical (unpaired) electrons. The summed E-state index contributed by atoms with van der Waals surface area (Å²) >= 11 is 1.36. The number of rotatable bonds is 5. The van der Waals surface area contributed by atoms with E-state index in [2.05, 4.69) is 5.32 Å². The minimum Gasteiger partial charge on any atom is -0.343 e. The fourth-order valence-electron chi connectivity index (χ4n) is 2.61. The molecule has 3 aromatic rings. The van der Waals surface area contributed by atoms with Crippen LogP contribution in [0.5, 0.6) is 0 Å². The first-order valence-electron chi connectivity index (χ1n) is 8.10. The van der Waals surface area contributed by atoms with Crippen molar-refractivity contribution < 1.29 is 22.4 Å². The summed E-state index contributed by atoms with van der Waals surface area (Å²) in [6.07, 6.45) is -4.01. The van der Waals surface area contributed by atoms with Gasteiger partial charge in [0.25, 0.3) is 5.56 Å². The van der Waals surface area contributed by atoms with Gasteiger partial charge in [-0.05, 0) is 35.2 Å². The summed E-state index contributed by atoms with van der Waals surface area (Å²) in [6, 6.07) is 9.90. The molecule has 2 heterocycles. The number of nitrogens with one attached hydrogen (secondary N) is 1. The molecule has 0 saturated carbocycles. The molecule has 0 aliphatic rings. The normalized spacial score (nSPS) is 12.6. The van der Waals surface area contributed by atoms with Crippen molar-refractivity contribution in [3.8, 4) is 0 Å². The number of hydrogen-bond donors (Lipinski definition) is 1. The van der Waals surface area contributed by atoms with Crippen LogP contribution in [-0.2, 0) is 17.5 Å². The van der Waals surface area contributed by atoms with Crippen molar-refractivity contribution in [2.24, 2.45) is 0 Å². The molecule has 3 rings (SSSR count). The number of benzene rings is 1. The highest BCUT2D eigenvalue weighted by Crippen LogP contribution is 2.28. The van der Waals surface area contributed by atoms with Crippen molar-refractivity contribution in [1.82, 2.24) is 9.88 Å². The Balaban J connectivity index is 1.84. The third kappa shape index (κ3) is 4.66. The summed E-state index contributed by atoms with van der Waals surface area (Å²) in [4.78, 5) is 25.0. The Morgan fingerprint density at radius 3 is 2.43 bits per heavy atom. The summed E-state index contributed by atoms with van der Waals surface area (Å²) in [6.45, 7) is -0.578. The van der Waals surface area contributed by atoms with Crippen molar-refractivity contribution in [2.75, 3.05) is 0 Å². The Kier molecular flexibility index (Phi) is 5.64. The minimum atomic E-state index is -4.63.